The van der Waals surface area contributed by atoms with Crippen LogP contribution in [0.4, 0.5) is 0 Å². The molecule has 0 atom stereocenters. The molecule has 0 spiro atoms. The summed E-state index contributed by atoms with van der Waals surface area (Å²) in [6.45, 7) is 2.93. The molecule has 0 aliphatic carbocycles. The molecular formula is C24H42N4O5S. The molecule has 0 aliphatic rings. The van der Waals surface area contributed by atoms with E-state index in [1.165, 1.54) is 62.4 Å². The van der Waals surface area contributed by atoms with Gasteiger partial charge in [0.05, 0.1) is 12.9 Å². The summed E-state index contributed by atoms with van der Waals surface area (Å²) in [4.78, 5) is 30.8. The summed E-state index contributed by atoms with van der Waals surface area (Å²) in [6.07, 6.45) is 17.5. The molecule has 0 bridgehead atoms. The third-order valence-corrected chi connectivity index (χ3v) is 6.87. The number of unbranched alkanes of at least 4 members (excludes halogenated alkanes) is 13. The number of aryl methyl sites for hydroxylation is 3. The third kappa shape index (κ3) is 9.74. The summed E-state index contributed by atoms with van der Waals surface area (Å²) in [5.41, 5.74) is 0.139. The molecule has 34 heavy (non-hydrogen) atoms. The molecule has 10 heteroatoms. The Morgan fingerprint density at radius 1 is 0.824 bits per heavy atom. The number of H-pyrrole nitrogens is 1. The molecule has 0 unspecified atom stereocenters. The van der Waals surface area contributed by atoms with Crippen molar-refractivity contribution >= 4 is 21.3 Å². The lowest BCUT2D eigenvalue weighted by atomic mass is 10.0. The minimum absolute atomic E-state index is 0.306. The number of hydrogen-bond acceptors (Lipinski definition) is 6. The first-order valence-electron chi connectivity index (χ1n) is 12.7. The fraction of sp³-hybridized carbons (Fsp3) is 0.792. The van der Waals surface area contributed by atoms with Crippen molar-refractivity contribution in [3.8, 4) is 0 Å². The van der Waals surface area contributed by atoms with Crippen molar-refractivity contribution in [2.75, 3.05) is 12.9 Å². The number of rotatable bonds is 18. The van der Waals surface area contributed by atoms with Gasteiger partial charge in [-0.05, 0) is 19.8 Å². The minimum Gasteiger partial charge on any atom is -0.322 e. The maximum absolute atomic E-state index is 12.2. The van der Waals surface area contributed by atoms with Crippen LogP contribution in [0.25, 0.3) is 11.2 Å². The Kier molecular flexibility index (Phi) is 12.0. The number of nitrogens with zero attached hydrogens (tertiary/aromatic N) is 3. The summed E-state index contributed by atoms with van der Waals surface area (Å²) >= 11 is 0. The van der Waals surface area contributed by atoms with Gasteiger partial charge in [0, 0.05) is 13.6 Å². The highest BCUT2D eigenvalue weighted by Crippen LogP contribution is 2.15. The van der Waals surface area contributed by atoms with Crippen LogP contribution in [0.2, 0.25) is 0 Å². The number of hydrogen-bond donors (Lipinski definition) is 1. The summed E-state index contributed by atoms with van der Waals surface area (Å²) < 4.78 is 29.8. The van der Waals surface area contributed by atoms with E-state index in [-0.39, 0.29) is 5.56 Å². The molecule has 194 valence electrons. The fourth-order valence-corrected chi connectivity index (χ4v) is 4.74. The van der Waals surface area contributed by atoms with Gasteiger partial charge in [-0.15, -0.1) is 0 Å². The van der Waals surface area contributed by atoms with Gasteiger partial charge in [0.2, 0.25) is 0 Å². The zero-order valence-electron chi connectivity index (χ0n) is 21.1. The standard InChI is InChI=1S/C24H42N4O5S/c1-20-25-22-21(23(29)26-24(30)27(22)2)28(20)18-16-14-12-10-8-6-4-5-7-9-11-13-15-17-19-33-34(3,31)32/h4-19H2,1-3H3,(H,26,29,30). The molecule has 2 aromatic rings. The second-order valence-corrected chi connectivity index (χ2v) is 10.9. The second kappa shape index (κ2) is 14.5. The molecule has 1 N–H and O–H groups in total. The number of aromatic amines is 1. The molecule has 0 aliphatic heterocycles. The lowest BCUT2D eigenvalue weighted by Gasteiger charge is -2.07. The van der Waals surface area contributed by atoms with Crippen LogP contribution >= 0.6 is 0 Å². The minimum atomic E-state index is -3.29. The third-order valence-electron chi connectivity index (χ3n) is 6.27. The van der Waals surface area contributed by atoms with Gasteiger partial charge in [-0.1, -0.05) is 77.0 Å². The monoisotopic (exact) mass is 498 g/mol. The van der Waals surface area contributed by atoms with Crippen LogP contribution in [0.5, 0.6) is 0 Å². The molecular weight excluding hydrogens is 456 g/mol. The van der Waals surface area contributed by atoms with E-state index < -0.39 is 15.8 Å². The quantitative estimate of drug-likeness (QED) is 0.244. The maximum Gasteiger partial charge on any atom is 0.329 e. The lowest BCUT2D eigenvalue weighted by molar-refractivity contribution is 0.309. The Hall–Kier alpha value is -1.94. The van der Waals surface area contributed by atoms with Gasteiger partial charge in [-0.25, -0.2) is 9.78 Å². The average molecular weight is 499 g/mol. The molecule has 0 aromatic carbocycles. The summed E-state index contributed by atoms with van der Waals surface area (Å²) in [7, 11) is -1.66. The van der Waals surface area contributed by atoms with Crippen LogP contribution in [0.3, 0.4) is 0 Å². The fourth-order valence-electron chi connectivity index (χ4n) is 4.32. The highest BCUT2D eigenvalue weighted by Gasteiger charge is 2.14. The van der Waals surface area contributed by atoms with E-state index in [0.29, 0.717) is 17.8 Å². The van der Waals surface area contributed by atoms with Crippen molar-refractivity contribution in [1.82, 2.24) is 19.1 Å². The van der Waals surface area contributed by atoms with Gasteiger partial charge in [0.25, 0.3) is 15.7 Å². The second-order valence-electron chi connectivity index (χ2n) is 9.28. The van der Waals surface area contributed by atoms with Crippen LogP contribution in [0.15, 0.2) is 9.59 Å². The Labute approximate surface area is 203 Å². The molecule has 2 aromatic heterocycles. The Morgan fingerprint density at radius 3 is 1.79 bits per heavy atom. The number of nitrogens with one attached hydrogen (secondary N) is 1. The summed E-state index contributed by atoms with van der Waals surface area (Å²) in [6, 6.07) is 0. The van der Waals surface area contributed by atoms with E-state index >= 15 is 0 Å². The van der Waals surface area contributed by atoms with Gasteiger partial charge in [0.1, 0.15) is 5.82 Å². The van der Waals surface area contributed by atoms with Crippen LogP contribution < -0.4 is 11.2 Å². The van der Waals surface area contributed by atoms with Gasteiger partial charge in [-0.2, -0.15) is 8.42 Å². The van der Waals surface area contributed by atoms with Crippen molar-refractivity contribution in [1.29, 1.82) is 0 Å². The number of aromatic nitrogens is 4. The lowest BCUT2D eigenvalue weighted by Crippen LogP contribution is -2.29. The van der Waals surface area contributed by atoms with Crippen LogP contribution in [0.1, 0.15) is 95.7 Å². The van der Waals surface area contributed by atoms with E-state index in [4.69, 9.17) is 4.18 Å². The number of fused-ring (bicyclic) bond motifs is 1. The van der Waals surface area contributed by atoms with E-state index in [2.05, 4.69) is 9.97 Å². The normalized spacial score (nSPS) is 12.1. The van der Waals surface area contributed by atoms with Crippen molar-refractivity contribution < 1.29 is 12.6 Å². The van der Waals surface area contributed by atoms with Crippen LogP contribution in [0, 0.1) is 6.92 Å². The SMILES string of the molecule is Cc1nc2c(c(=O)[nH]c(=O)n2C)n1CCCCCCCCCCCCCCCCOS(C)(=O)=O. The first kappa shape index (κ1) is 28.3. The molecule has 0 saturated heterocycles. The zero-order valence-corrected chi connectivity index (χ0v) is 21.9. The largest absolute Gasteiger partial charge is 0.329 e. The topological polar surface area (TPSA) is 116 Å². The number of imidazole rings is 1. The molecule has 0 amide bonds. The van der Waals surface area contributed by atoms with E-state index in [1.54, 1.807) is 7.05 Å². The molecule has 0 radical (unpaired) electrons. The predicted octanol–water partition coefficient (Wildman–Crippen LogP) is 4.17. The van der Waals surface area contributed by atoms with Crippen molar-refractivity contribution in [2.45, 2.75) is 103 Å². The average Bonchev–Trinajstić information content (AvgIpc) is 3.10. The summed E-state index contributed by atoms with van der Waals surface area (Å²) in [5, 5.41) is 0. The van der Waals surface area contributed by atoms with E-state index in [0.717, 1.165) is 50.7 Å². The molecule has 2 heterocycles. The van der Waals surface area contributed by atoms with Gasteiger partial charge in [-0.3, -0.25) is 18.5 Å². The highest BCUT2D eigenvalue weighted by molar-refractivity contribution is 7.85. The van der Waals surface area contributed by atoms with Crippen LogP contribution in [-0.4, -0.2) is 40.4 Å². The van der Waals surface area contributed by atoms with Gasteiger partial charge < -0.3 is 4.57 Å². The van der Waals surface area contributed by atoms with E-state index in [1.807, 2.05) is 11.5 Å². The Morgan fingerprint density at radius 2 is 1.29 bits per heavy atom. The van der Waals surface area contributed by atoms with Gasteiger partial charge >= 0.3 is 5.69 Å². The first-order valence-corrected chi connectivity index (χ1v) is 14.5. The molecule has 0 saturated carbocycles. The zero-order chi connectivity index (χ0) is 25.0. The van der Waals surface area contributed by atoms with E-state index in [9.17, 15) is 18.0 Å². The highest BCUT2D eigenvalue weighted by atomic mass is 32.2. The summed E-state index contributed by atoms with van der Waals surface area (Å²) in [5.74, 6) is 0.766. The Balaban J connectivity index is 1.45. The van der Waals surface area contributed by atoms with Gasteiger partial charge in [0.15, 0.2) is 11.2 Å². The maximum atomic E-state index is 12.2. The predicted molar refractivity (Wildman–Crippen MR) is 136 cm³/mol. The molecule has 0 fully saturated rings. The first-order chi connectivity index (χ1) is 16.2. The molecule has 9 nitrogen and oxygen atoms in total. The molecule has 2 rings (SSSR count). The van der Waals surface area contributed by atoms with Crippen molar-refractivity contribution in [2.24, 2.45) is 7.05 Å². The van der Waals surface area contributed by atoms with Crippen molar-refractivity contribution in [3.05, 3.63) is 26.7 Å². The smallest absolute Gasteiger partial charge is 0.322 e. The van der Waals surface area contributed by atoms with Crippen molar-refractivity contribution in [3.63, 3.8) is 0 Å². The van der Waals surface area contributed by atoms with Crippen LogP contribution in [-0.2, 0) is 27.9 Å². The Bertz CT molecular complexity index is 1100.